The molecule has 7 rings (SSSR count). The number of amides is 1. The molecule has 0 spiro atoms. The Morgan fingerprint density at radius 2 is 1.57 bits per heavy atom. The fraction of sp³-hybridized carbons (Fsp3) is 0.467. The number of hydrogen-bond acceptors (Lipinski definition) is 14. The molecule has 10 atom stereocenters. The Labute approximate surface area is 351 Å². The van der Waals surface area contributed by atoms with Crippen molar-refractivity contribution in [2.75, 3.05) is 6.61 Å². The van der Waals surface area contributed by atoms with Crippen molar-refractivity contribution in [1.29, 1.82) is 0 Å². The van der Waals surface area contributed by atoms with Crippen LogP contribution in [0.4, 0.5) is 0 Å². The number of aliphatic hydroxyl groups excluding tert-OH is 1. The smallest absolute Gasteiger partial charge is 0.338 e. The van der Waals surface area contributed by atoms with Crippen molar-refractivity contribution in [1.82, 2.24) is 5.32 Å². The number of aliphatic hydroxyl groups is 2. The number of ether oxygens (including phenoxy) is 5. The van der Waals surface area contributed by atoms with Gasteiger partial charge < -0.3 is 39.2 Å². The van der Waals surface area contributed by atoms with Gasteiger partial charge in [-0.15, -0.1) is 11.3 Å². The molecule has 1 aromatic heterocycles. The first kappa shape index (κ1) is 42.9. The van der Waals surface area contributed by atoms with Gasteiger partial charge in [0.05, 0.1) is 29.0 Å². The van der Waals surface area contributed by atoms with Crippen LogP contribution < -0.4 is 5.32 Å². The molecule has 1 amide bonds. The van der Waals surface area contributed by atoms with Crippen molar-refractivity contribution in [3.63, 3.8) is 0 Å². The van der Waals surface area contributed by atoms with Gasteiger partial charge in [0, 0.05) is 31.1 Å². The normalized spacial score (nSPS) is 31.3. The van der Waals surface area contributed by atoms with Gasteiger partial charge in [0.1, 0.15) is 23.9 Å². The predicted octanol–water partition coefficient (Wildman–Crippen LogP) is 4.83. The molecule has 2 aromatic carbocycles. The minimum atomic E-state index is -2.26. The number of carbonyl (C=O) groups is 6. The molecule has 1 unspecified atom stereocenters. The summed E-state index contributed by atoms with van der Waals surface area (Å²) in [6, 6.07) is 18.4. The lowest BCUT2D eigenvalue weighted by Crippen LogP contribution is -2.79. The second-order valence-electron chi connectivity index (χ2n) is 16.9. The number of benzene rings is 2. The van der Waals surface area contributed by atoms with Gasteiger partial charge in [-0.25, -0.2) is 9.59 Å². The Bertz CT molecular complexity index is 2210. The maximum atomic E-state index is 15.4. The van der Waals surface area contributed by atoms with Gasteiger partial charge in [0.15, 0.2) is 23.6 Å². The number of Topliss-reactive ketones (excluding diaryl/α,β-unsaturated/α-hetero) is 1. The second-order valence-corrected chi connectivity index (χ2v) is 17.8. The molecule has 2 heterocycles. The lowest BCUT2D eigenvalue weighted by Gasteiger charge is -2.66. The minimum Gasteiger partial charge on any atom is -0.456 e. The fourth-order valence-corrected chi connectivity index (χ4v) is 10.6. The van der Waals surface area contributed by atoms with Crippen molar-refractivity contribution >= 4 is 46.9 Å². The quantitative estimate of drug-likeness (QED) is 0.143. The van der Waals surface area contributed by atoms with Crippen LogP contribution in [0.1, 0.15) is 92.4 Å². The number of fused-ring (bicyclic) bond motifs is 5. The van der Waals surface area contributed by atoms with Crippen LogP contribution in [0.25, 0.3) is 0 Å². The average Bonchev–Trinajstić information content (AvgIpc) is 3.75. The van der Waals surface area contributed by atoms with E-state index in [0.717, 1.165) is 6.92 Å². The van der Waals surface area contributed by atoms with Crippen molar-refractivity contribution in [2.45, 2.75) is 109 Å². The largest absolute Gasteiger partial charge is 0.456 e. The van der Waals surface area contributed by atoms with E-state index >= 15 is 4.79 Å². The summed E-state index contributed by atoms with van der Waals surface area (Å²) in [5, 5.41) is 29.8. The van der Waals surface area contributed by atoms with Gasteiger partial charge in [-0.05, 0) is 60.1 Å². The summed E-state index contributed by atoms with van der Waals surface area (Å²) >= 11 is 1.17. The number of thiophene rings is 1. The van der Waals surface area contributed by atoms with Crippen molar-refractivity contribution in [3.05, 3.63) is 105 Å². The van der Waals surface area contributed by atoms with Gasteiger partial charge >= 0.3 is 23.9 Å². The van der Waals surface area contributed by atoms with E-state index < -0.39 is 107 Å². The van der Waals surface area contributed by atoms with Crippen molar-refractivity contribution in [2.24, 2.45) is 16.7 Å². The minimum absolute atomic E-state index is 0.114. The van der Waals surface area contributed by atoms with E-state index in [9.17, 15) is 34.2 Å². The monoisotopic (exact) mass is 843 g/mol. The molecule has 2 saturated carbocycles. The molecule has 60 heavy (non-hydrogen) atoms. The molecular formula is C45H49NO13S. The van der Waals surface area contributed by atoms with Crippen molar-refractivity contribution < 1.29 is 62.7 Å². The molecule has 3 aliphatic carbocycles. The number of ketones is 1. The Morgan fingerprint density at radius 1 is 0.900 bits per heavy atom. The predicted molar refractivity (Wildman–Crippen MR) is 214 cm³/mol. The zero-order valence-electron chi connectivity index (χ0n) is 34.2. The number of esters is 4. The fourth-order valence-electron chi connectivity index (χ4n) is 10.0. The number of hydrogen-bond donors (Lipinski definition) is 3. The number of nitrogens with one attached hydrogen (secondary N) is 1. The zero-order chi connectivity index (χ0) is 43.4. The summed E-state index contributed by atoms with van der Waals surface area (Å²) in [6.07, 6.45) is -7.51. The highest BCUT2D eigenvalue weighted by Gasteiger charge is 2.76. The molecule has 318 valence electrons. The first-order valence-electron chi connectivity index (χ1n) is 19.9. The third kappa shape index (κ3) is 7.14. The summed E-state index contributed by atoms with van der Waals surface area (Å²) in [4.78, 5) is 83.4. The summed E-state index contributed by atoms with van der Waals surface area (Å²) in [5.41, 5.74) is -6.07. The average molecular weight is 844 g/mol. The lowest BCUT2D eigenvalue weighted by molar-refractivity contribution is -0.332. The Hall–Kier alpha value is -5.22. The van der Waals surface area contributed by atoms with E-state index in [1.165, 1.54) is 30.4 Å². The SMILES string of the molecule is CC(=O)O[C@H]1C(=O)[C@]2(C)CC[C@H]3OC[C@@]3(OC(C)=O)C2[C@H](OC(=O)c2ccccc2)[C@]2(O)C[C@H](OC(=O)[C@H](O)[C@@H](NC(=O)c3cccs3)c3ccccc3)C(C)=C1C2(C)C. The van der Waals surface area contributed by atoms with Crippen LogP contribution >= 0.6 is 11.3 Å². The Morgan fingerprint density at radius 3 is 2.15 bits per heavy atom. The highest BCUT2D eigenvalue weighted by molar-refractivity contribution is 7.12. The van der Waals surface area contributed by atoms with Crippen LogP contribution in [0.5, 0.6) is 0 Å². The van der Waals surface area contributed by atoms with E-state index in [0.29, 0.717) is 10.4 Å². The summed E-state index contributed by atoms with van der Waals surface area (Å²) in [5.74, 6) is -5.95. The number of rotatable bonds is 10. The van der Waals surface area contributed by atoms with Crippen LogP contribution in [0, 0.1) is 16.7 Å². The molecule has 1 saturated heterocycles. The van der Waals surface area contributed by atoms with Crippen LogP contribution in [-0.4, -0.2) is 94.1 Å². The first-order valence-corrected chi connectivity index (χ1v) is 20.7. The molecule has 3 N–H and O–H groups in total. The molecule has 0 radical (unpaired) electrons. The van der Waals surface area contributed by atoms with Gasteiger partial charge in [-0.3, -0.25) is 19.2 Å². The maximum Gasteiger partial charge on any atom is 0.338 e. The summed E-state index contributed by atoms with van der Waals surface area (Å²) < 4.78 is 30.5. The molecular weight excluding hydrogens is 795 g/mol. The highest BCUT2D eigenvalue weighted by atomic mass is 32.1. The van der Waals surface area contributed by atoms with E-state index in [1.54, 1.807) is 93.7 Å². The molecule has 14 nitrogen and oxygen atoms in total. The first-order chi connectivity index (χ1) is 28.4. The molecule has 15 heteroatoms. The topological polar surface area (TPSA) is 201 Å². The molecule has 2 bridgehead atoms. The summed E-state index contributed by atoms with van der Waals surface area (Å²) in [6.45, 7) is 8.63. The second kappa shape index (κ2) is 16.0. The van der Waals surface area contributed by atoms with E-state index in [2.05, 4.69) is 5.32 Å². The van der Waals surface area contributed by atoms with Crippen LogP contribution in [0.2, 0.25) is 0 Å². The van der Waals surface area contributed by atoms with Crippen LogP contribution in [0.15, 0.2) is 89.3 Å². The van der Waals surface area contributed by atoms with Gasteiger partial charge in [-0.2, -0.15) is 0 Å². The van der Waals surface area contributed by atoms with E-state index in [4.69, 9.17) is 23.7 Å². The third-order valence-corrected chi connectivity index (χ3v) is 13.9. The van der Waals surface area contributed by atoms with E-state index in [1.807, 2.05) is 0 Å². The van der Waals surface area contributed by atoms with Gasteiger partial charge in [0.2, 0.25) is 0 Å². The summed E-state index contributed by atoms with van der Waals surface area (Å²) in [7, 11) is 0. The van der Waals surface area contributed by atoms with Gasteiger partial charge in [-0.1, -0.05) is 75.4 Å². The lowest BCUT2D eigenvalue weighted by atomic mass is 9.45. The molecule has 3 fully saturated rings. The van der Waals surface area contributed by atoms with Crippen LogP contribution in [-0.2, 0) is 42.9 Å². The maximum absolute atomic E-state index is 15.4. The van der Waals surface area contributed by atoms with E-state index in [-0.39, 0.29) is 36.2 Å². The molecule has 1 aliphatic heterocycles. The van der Waals surface area contributed by atoms with Crippen LogP contribution in [0.3, 0.4) is 0 Å². The molecule has 3 aromatic rings. The van der Waals surface area contributed by atoms with Gasteiger partial charge in [0.25, 0.3) is 5.91 Å². The van der Waals surface area contributed by atoms with Crippen molar-refractivity contribution in [3.8, 4) is 0 Å². The standard InChI is InChI=1S/C45H49NO13S/c1-24-29(57-41(53)34(49)33(27-14-9-7-10-15-27)46-39(51)30-18-13-21-60-30)22-45(54)38(58-40(52)28-16-11-8-12-17-28)36-43(6,20-19-31-44(36,23-55-31)59-26(3)48)37(50)35(56-25(2)47)32(24)42(45,4)5/h7-18,21,29,31,33-36,38,49,54H,19-20,22-23H2,1-6H3,(H,46,51)/t29-,31+,33-,34+,35+,36?,38-,43+,44-,45+/m0/s1. The third-order valence-electron chi connectivity index (χ3n) is 13.1. The highest BCUT2D eigenvalue weighted by Crippen LogP contribution is 2.64. The zero-order valence-corrected chi connectivity index (χ0v) is 35.0. The Kier molecular flexibility index (Phi) is 11.4. The molecule has 4 aliphatic rings. The number of carbonyl (C=O) groups excluding carboxylic acids is 6. The Balaban J connectivity index is 1.38.